The first-order valence-corrected chi connectivity index (χ1v) is 13.1. The van der Waals surface area contributed by atoms with Crippen LogP contribution in [0.15, 0.2) is 47.4 Å². The molecule has 2 aromatic carbocycles. The van der Waals surface area contributed by atoms with Crippen molar-refractivity contribution < 1.29 is 22.7 Å². The Morgan fingerprint density at radius 1 is 1.15 bits per heavy atom. The van der Waals surface area contributed by atoms with Gasteiger partial charge in [-0.3, -0.25) is 4.79 Å². The number of piperidine rings is 1. The maximum absolute atomic E-state index is 13.0. The molecule has 178 valence electrons. The second-order valence-corrected chi connectivity index (χ2v) is 10.9. The Morgan fingerprint density at radius 3 is 2.55 bits per heavy atom. The highest BCUT2D eigenvalue weighted by Gasteiger charge is 2.32. The van der Waals surface area contributed by atoms with Gasteiger partial charge in [-0.25, -0.2) is 8.42 Å². The van der Waals surface area contributed by atoms with E-state index in [1.165, 1.54) is 4.31 Å². The summed E-state index contributed by atoms with van der Waals surface area (Å²) in [6, 6.07) is 12.0. The Kier molecular flexibility index (Phi) is 7.58. The number of nitrogens with zero attached hydrogens (tertiary/aromatic N) is 1. The number of halogens is 1. The van der Waals surface area contributed by atoms with Crippen molar-refractivity contribution in [3.63, 3.8) is 0 Å². The van der Waals surface area contributed by atoms with Gasteiger partial charge in [0.05, 0.1) is 16.7 Å². The second kappa shape index (κ2) is 10.4. The number of hydrogen-bond acceptors (Lipinski definition) is 5. The maximum Gasteiger partial charge on any atom is 0.243 e. The van der Waals surface area contributed by atoms with Gasteiger partial charge in [0, 0.05) is 30.6 Å². The van der Waals surface area contributed by atoms with Crippen LogP contribution in [0.5, 0.6) is 5.75 Å². The number of sulfonamides is 1. The summed E-state index contributed by atoms with van der Waals surface area (Å²) in [6.45, 7) is 3.67. The Balaban J connectivity index is 1.36. The average molecular weight is 493 g/mol. The molecule has 1 atom stereocenters. The lowest BCUT2D eigenvalue weighted by molar-refractivity contribution is -0.120. The van der Waals surface area contributed by atoms with Crippen LogP contribution in [0, 0.1) is 12.8 Å². The zero-order valence-corrected chi connectivity index (χ0v) is 20.2. The molecule has 7 nitrogen and oxygen atoms in total. The van der Waals surface area contributed by atoms with E-state index >= 15 is 0 Å². The number of rotatable bonds is 7. The number of anilines is 1. The van der Waals surface area contributed by atoms with Gasteiger partial charge in [-0.15, -0.1) is 0 Å². The molecule has 0 aromatic heterocycles. The predicted octanol–water partition coefficient (Wildman–Crippen LogP) is 4.25. The monoisotopic (exact) mass is 492 g/mol. The Hall–Kier alpha value is -2.13. The van der Waals surface area contributed by atoms with Crippen molar-refractivity contribution in [1.82, 2.24) is 4.31 Å². The molecule has 33 heavy (non-hydrogen) atoms. The van der Waals surface area contributed by atoms with Gasteiger partial charge in [-0.05, 0) is 62.9 Å². The molecule has 0 bridgehead atoms. The van der Waals surface area contributed by atoms with E-state index in [9.17, 15) is 13.2 Å². The van der Waals surface area contributed by atoms with Gasteiger partial charge < -0.3 is 14.8 Å². The van der Waals surface area contributed by atoms with Crippen LogP contribution in [-0.4, -0.2) is 51.0 Å². The van der Waals surface area contributed by atoms with Crippen LogP contribution < -0.4 is 10.1 Å². The summed E-state index contributed by atoms with van der Waals surface area (Å²) < 4.78 is 38.8. The number of benzene rings is 2. The smallest absolute Gasteiger partial charge is 0.243 e. The molecule has 2 aliphatic rings. The second-order valence-electron chi connectivity index (χ2n) is 8.57. The summed E-state index contributed by atoms with van der Waals surface area (Å²) in [4.78, 5) is 13.2. The Labute approximate surface area is 200 Å². The number of carbonyl (C=O) groups excluding carboxylic acids is 1. The van der Waals surface area contributed by atoms with E-state index in [4.69, 9.17) is 21.1 Å². The zero-order valence-electron chi connectivity index (χ0n) is 18.6. The molecular formula is C24H29ClN2O5S. The fourth-order valence-corrected chi connectivity index (χ4v) is 5.78. The van der Waals surface area contributed by atoms with Crippen LogP contribution in [0.2, 0.25) is 5.02 Å². The number of nitrogens with one attached hydrogen (secondary N) is 1. The summed E-state index contributed by atoms with van der Waals surface area (Å²) >= 11 is 6.15. The van der Waals surface area contributed by atoms with Crippen LogP contribution in [0.4, 0.5) is 5.69 Å². The minimum absolute atomic E-state index is 0.0593. The van der Waals surface area contributed by atoms with E-state index in [1.54, 1.807) is 42.5 Å². The van der Waals surface area contributed by atoms with Crippen molar-refractivity contribution in [2.24, 2.45) is 5.92 Å². The van der Waals surface area contributed by atoms with Crippen molar-refractivity contribution in [2.75, 3.05) is 31.6 Å². The molecule has 0 spiro atoms. The van der Waals surface area contributed by atoms with Crippen LogP contribution in [0.25, 0.3) is 0 Å². The van der Waals surface area contributed by atoms with Crippen molar-refractivity contribution in [1.29, 1.82) is 0 Å². The maximum atomic E-state index is 13.0. The largest absolute Gasteiger partial charge is 0.489 e. The first kappa shape index (κ1) is 24.0. The third-order valence-corrected chi connectivity index (χ3v) is 8.28. The standard InChI is InChI=1S/C24H29ClN2O5S/c1-17-4-7-21(8-5-17)33(29,30)27-12-10-18(11-13-27)24(28)26-22-15-19(25)6-9-23(22)32-16-20-3-2-14-31-20/h4-9,15,18,20H,2-3,10-14,16H2,1H3,(H,26,28). The molecule has 0 saturated carbocycles. The Morgan fingerprint density at radius 2 is 1.88 bits per heavy atom. The Bertz CT molecular complexity index is 1080. The normalized spacial score (nSPS) is 20.0. The van der Waals surface area contributed by atoms with E-state index in [0.717, 1.165) is 25.0 Å². The van der Waals surface area contributed by atoms with Gasteiger partial charge in [0.15, 0.2) is 0 Å². The van der Waals surface area contributed by atoms with Crippen molar-refractivity contribution >= 4 is 33.2 Å². The molecule has 2 aliphatic heterocycles. The number of hydrogen-bond donors (Lipinski definition) is 1. The lowest BCUT2D eigenvalue weighted by Crippen LogP contribution is -2.41. The van der Waals surface area contributed by atoms with Gasteiger partial charge in [0.25, 0.3) is 0 Å². The van der Waals surface area contributed by atoms with Crippen molar-refractivity contribution in [2.45, 2.75) is 43.6 Å². The molecule has 1 N–H and O–H groups in total. The van der Waals surface area contributed by atoms with E-state index in [2.05, 4.69) is 5.32 Å². The number of aryl methyl sites for hydroxylation is 1. The number of carbonyl (C=O) groups is 1. The van der Waals surface area contributed by atoms with E-state index in [-0.39, 0.29) is 22.8 Å². The SMILES string of the molecule is Cc1ccc(S(=O)(=O)N2CCC(C(=O)Nc3cc(Cl)ccc3OCC3CCCO3)CC2)cc1. The first-order chi connectivity index (χ1) is 15.8. The molecule has 2 aromatic rings. The summed E-state index contributed by atoms with van der Waals surface area (Å²) in [6.07, 6.45) is 2.94. The molecule has 2 saturated heterocycles. The molecule has 2 fully saturated rings. The van der Waals surface area contributed by atoms with Gasteiger partial charge in [0.2, 0.25) is 15.9 Å². The molecular weight excluding hydrogens is 464 g/mol. The molecule has 2 heterocycles. The van der Waals surface area contributed by atoms with Gasteiger partial charge >= 0.3 is 0 Å². The van der Waals surface area contributed by atoms with Gasteiger partial charge in [0.1, 0.15) is 12.4 Å². The van der Waals surface area contributed by atoms with Crippen LogP contribution in [0.1, 0.15) is 31.2 Å². The molecule has 0 radical (unpaired) electrons. The highest BCUT2D eigenvalue weighted by atomic mass is 35.5. The summed E-state index contributed by atoms with van der Waals surface area (Å²) in [5, 5.41) is 3.43. The van der Waals surface area contributed by atoms with E-state index in [1.807, 2.05) is 6.92 Å². The van der Waals surface area contributed by atoms with Gasteiger partial charge in [-0.1, -0.05) is 29.3 Å². The summed E-state index contributed by atoms with van der Waals surface area (Å²) in [5.74, 6) is 0.0914. The lowest BCUT2D eigenvalue weighted by atomic mass is 9.97. The highest BCUT2D eigenvalue weighted by Crippen LogP contribution is 2.31. The highest BCUT2D eigenvalue weighted by molar-refractivity contribution is 7.89. The third-order valence-electron chi connectivity index (χ3n) is 6.13. The third kappa shape index (κ3) is 5.87. The molecule has 1 amide bonds. The van der Waals surface area contributed by atoms with Crippen molar-refractivity contribution in [3.8, 4) is 5.75 Å². The van der Waals surface area contributed by atoms with Crippen LogP contribution in [0.3, 0.4) is 0 Å². The van der Waals surface area contributed by atoms with E-state index in [0.29, 0.717) is 49.0 Å². The molecule has 0 aliphatic carbocycles. The fraction of sp³-hybridized carbons (Fsp3) is 0.458. The van der Waals surface area contributed by atoms with Crippen LogP contribution in [-0.2, 0) is 19.6 Å². The minimum Gasteiger partial charge on any atom is -0.489 e. The predicted molar refractivity (Wildman–Crippen MR) is 127 cm³/mol. The minimum atomic E-state index is -3.56. The fourth-order valence-electron chi connectivity index (χ4n) is 4.14. The van der Waals surface area contributed by atoms with E-state index < -0.39 is 10.0 Å². The number of amides is 1. The quantitative estimate of drug-likeness (QED) is 0.624. The summed E-state index contributed by atoms with van der Waals surface area (Å²) in [7, 11) is -3.56. The lowest BCUT2D eigenvalue weighted by Gasteiger charge is -2.30. The zero-order chi connectivity index (χ0) is 23.4. The molecule has 4 rings (SSSR count). The summed E-state index contributed by atoms with van der Waals surface area (Å²) in [5.41, 5.74) is 1.52. The number of ether oxygens (including phenoxy) is 2. The van der Waals surface area contributed by atoms with Crippen LogP contribution >= 0.6 is 11.6 Å². The van der Waals surface area contributed by atoms with Gasteiger partial charge in [-0.2, -0.15) is 4.31 Å². The molecule has 1 unspecified atom stereocenters. The topological polar surface area (TPSA) is 84.9 Å². The molecule has 9 heteroatoms. The first-order valence-electron chi connectivity index (χ1n) is 11.2. The van der Waals surface area contributed by atoms with Crippen molar-refractivity contribution in [3.05, 3.63) is 53.1 Å². The average Bonchev–Trinajstić information content (AvgIpc) is 3.33.